The normalized spacial score (nSPS) is 10.5. The summed E-state index contributed by atoms with van der Waals surface area (Å²) in [6.45, 7) is 6.77. The molecule has 6 heteroatoms. The van der Waals surface area contributed by atoms with Gasteiger partial charge in [0.05, 0.1) is 6.61 Å². The van der Waals surface area contributed by atoms with Crippen molar-refractivity contribution in [3.8, 4) is 17.7 Å². The van der Waals surface area contributed by atoms with Crippen molar-refractivity contribution in [1.29, 1.82) is 0 Å². The van der Waals surface area contributed by atoms with Gasteiger partial charge in [0.15, 0.2) is 11.3 Å². The third-order valence-corrected chi connectivity index (χ3v) is 6.04. The fourth-order valence-corrected chi connectivity index (χ4v) is 4.10. The molecular weight excluding hydrogens is 428 g/mol. The molecule has 0 spiro atoms. The van der Waals surface area contributed by atoms with Crippen molar-refractivity contribution >= 4 is 28.6 Å². The Hall–Kier alpha value is -3.56. The molecule has 0 aliphatic heterocycles. The summed E-state index contributed by atoms with van der Waals surface area (Å²) in [5, 5.41) is 0. The van der Waals surface area contributed by atoms with Gasteiger partial charge in [0.2, 0.25) is 5.88 Å². The minimum absolute atomic E-state index is 0.441. The van der Waals surface area contributed by atoms with Gasteiger partial charge in [0, 0.05) is 41.2 Å². The number of nitrogens with zero attached hydrogens (tertiary/aromatic N) is 4. The number of benzene rings is 2. The van der Waals surface area contributed by atoms with E-state index in [2.05, 4.69) is 69.8 Å². The number of hydrogen-bond acceptors (Lipinski definition) is 6. The third-order valence-electron chi connectivity index (χ3n) is 5.06. The predicted molar refractivity (Wildman–Crippen MR) is 136 cm³/mol. The summed E-state index contributed by atoms with van der Waals surface area (Å²) < 4.78 is 6.00. The summed E-state index contributed by atoms with van der Waals surface area (Å²) in [6, 6.07) is 22.3. The highest BCUT2D eigenvalue weighted by Crippen LogP contribution is 2.20. The van der Waals surface area contributed by atoms with Crippen LogP contribution in [-0.4, -0.2) is 40.4 Å². The lowest BCUT2D eigenvalue weighted by molar-refractivity contribution is 0.329. The van der Waals surface area contributed by atoms with Crippen LogP contribution in [0.4, 0.5) is 5.69 Å². The van der Waals surface area contributed by atoms with E-state index in [1.54, 1.807) is 18.0 Å². The Labute approximate surface area is 199 Å². The molecule has 0 saturated carbocycles. The molecule has 2 heterocycles. The molecule has 0 aliphatic rings. The molecule has 0 N–H and O–H groups in total. The maximum Gasteiger partial charge on any atom is 0.249 e. The van der Waals surface area contributed by atoms with Crippen molar-refractivity contribution in [1.82, 2.24) is 15.0 Å². The van der Waals surface area contributed by atoms with Crippen LogP contribution in [0.3, 0.4) is 0 Å². The Morgan fingerprint density at radius 1 is 0.879 bits per heavy atom. The number of fused-ring (bicyclic) bond motifs is 1. The summed E-state index contributed by atoms with van der Waals surface area (Å²) in [6.07, 6.45) is 1.71. The summed E-state index contributed by atoms with van der Waals surface area (Å²) in [5.74, 6) is 7.59. The van der Waals surface area contributed by atoms with Crippen LogP contribution in [-0.2, 0) is 0 Å². The maximum atomic E-state index is 6.00. The first-order valence-corrected chi connectivity index (χ1v) is 12.1. The van der Waals surface area contributed by atoms with E-state index in [1.165, 1.54) is 10.6 Å². The smallest absolute Gasteiger partial charge is 0.249 e. The standard InChI is InChI=1S/C27H26N4OS/c1-3-31(4-2)22-15-12-21(13-16-22)14-17-25-27(30-24-11-8-18-28-26(24)29-25)32-19-20-33-23-9-6-5-7-10-23/h5-13,15-16,18H,3-4,19-20H2,1-2H3. The van der Waals surface area contributed by atoms with Gasteiger partial charge in [-0.3, -0.25) is 0 Å². The molecule has 0 bridgehead atoms. The molecule has 0 fully saturated rings. The molecular formula is C27H26N4OS. The number of hydrogen-bond donors (Lipinski definition) is 0. The van der Waals surface area contributed by atoms with Crippen LogP contribution in [0.5, 0.6) is 5.88 Å². The van der Waals surface area contributed by atoms with Crippen LogP contribution in [0.1, 0.15) is 25.1 Å². The highest BCUT2D eigenvalue weighted by Gasteiger charge is 2.09. The first-order valence-electron chi connectivity index (χ1n) is 11.1. The maximum absolute atomic E-state index is 6.00. The van der Waals surface area contributed by atoms with Gasteiger partial charge < -0.3 is 9.64 Å². The summed E-state index contributed by atoms with van der Waals surface area (Å²) in [4.78, 5) is 17.1. The number of thioether (sulfide) groups is 1. The summed E-state index contributed by atoms with van der Waals surface area (Å²) in [5.41, 5.74) is 3.86. The zero-order valence-electron chi connectivity index (χ0n) is 18.9. The Kier molecular flexibility index (Phi) is 7.78. The number of aromatic nitrogens is 3. The molecule has 4 aromatic rings. The zero-order chi connectivity index (χ0) is 22.9. The SMILES string of the molecule is CCN(CC)c1ccc(C#Cc2nc3ncccc3nc2OCCSc2ccccc2)cc1. The van der Waals surface area contributed by atoms with Gasteiger partial charge in [-0.15, -0.1) is 11.8 Å². The van der Waals surface area contributed by atoms with Crippen LogP contribution in [0.15, 0.2) is 77.8 Å². The van der Waals surface area contributed by atoms with E-state index in [0.29, 0.717) is 29.3 Å². The minimum Gasteiger partial charge on any atom is -0.475 e. The summed E-state index contributed by atoms with van der Waals surface area (Å²) >= 11 is 1.74. The topological polar surface area (TPSA) is 51.1 Å². The van der Waals surface area contributed by atoms with Crippen molar-refractivity contribution in [2.24, 2.45) is 0 Å². The van der Waals surface area contributed by atoms with E-state index >= 15 is 0 Å². The van der Waals surface area contributed by atoms with Crippen molar-refractivity contribution in [3.05, 3.63) is 84.2 Å². The molecule has 0 aliphatic carbocycles. The molecule has 5 nitrogen and oxygen atoms in total. The molecule has 33 heavy (non-hydrogen) atoms. The van der Waals surface area contributed by atoms with Crippen molar-refractivity contribution in [3.63, 3.8) is 0 Å². The molecule has 0 amide bonds. The lowest BCUT2D eigenvalue weighted by atomic mass is 10.2. The van der Waals surface area contributed by atoms with Crippen LogP contribution in [0.25, 0.3) is 11.2 Å². The predicted octanol–water partition coefficient (Wildman–Crippen LogP) is 5.44. The van der Waals surface area contributed by atoms with Gasteiger partial charge in [0.1, 0.15) is 5.52 Å². The number of ether oxygens (including phenoxy) is 1. The van der Waals surface area contributed by atoms with Gasteiger partial charge in [-0.25, -0.2) is 15.0 Å². The Morgan fingerprint density at radius 2 is 1.67 bits per heavy atom. The van der Waals surface area contributed by atoms with Crippen LogP contribution in [0, 0.1) is 11.8 Å². The zero-order valence-corrected chi connectivity index (χ0v) is 19.7. The number of rotatable bonds is 8. The van der Waals surface area contributed by atoms with E-state index in [9.17, 15) is 0 Å². The fraction of sp³-hybridized carbons (Fsp3) is 0.222. The average Bonchev–Trinajstić information content (AvgIpc) is 2.87. The molecule has 2 aromatic heterocycles. The Morgan fingerprint density at radius 3 is 2.42 bits per heavy atom. The lowest BCUT2D eigenvalue weighted by Crippen LogP contribution is -2.21. The van der Waals surface area contributed by atoms with Gasteiger partial charge in [-0.1, -0.05) is 24.1 Å². The molecule has 0 saturated heterocycles. The van der Waals surface area contributed by atoms with Gasteiger partial charge in [0.25, 0.3) is 0 Å². The number of pyridine rings is 1. The second kappa shape index (κ2) is 11.3. The Bertz CT molecular complexity index is 1250. The minimum atomic E-state index is 0.441. The quantitative estimate of drug-likeness (QED) is 0.201. The lowest BCUT2D eigenvalue weighted by Gasteiger charge is -2.20. The molecule has 2 aromatic carbocycles. The highest BCUT2D eigenvalue weighted by atomic mass is 32.2. The van der Waals surface area contributed by atoms with Gasteiger partial charge in [-0.2, -0.15) is 0 Å². The highest BCUT2D eigenvalue weighted by molar-refractivity contribution is 7.99. The van der Waals surface area contributed by atoms with E-state index in [1.807, 2.05) is 42.5 Å². The third kappa shape index (κ3) is 6.03. The van der Waals surface area contributed by atoms with E-state index in [0.717, 1.165) is 24.4 Å². The second-order valence-corrected chi connectivity index (χ2v) is 8.37. The molecule has 4 rings (SSSR count). The van der Waals surface area contributed by atoms with Crippen LogP contribution < -0.4 is 9.64 Å². The van der Waals surface area contributed by atoms with Crippen molar-refractivity contribution in [2.75, 3.05) is 30.3 Å². The second-order valence-electron chi connectivity index (χ2n) is 7.20. The summed E-state index contributed by atoms with van der Waals surface area (Å²) in [7, 11) is 0. The van der Waals surface area contributed by atoms with E-state index in [4.69, 9.17) is 4.74 Å². The monoisotopic (exact) mass is 454 g/mol. The van der Waals surface area contributed by atoms with E-state index < -0.39 is 0 Å². The molecule has 0 atom stereocenters. The first-order chi connectivity index (χ1) is 16.3. The first kappa shape index (κ1) is 22.6. The molecule has 0 radical (unpaired) electrons. The Balaban J connectivity index is 1.52. The van der Waals surface area contributed by atoms with Gasteiger partial charge in [-0.05, 0) is 68.3 Å². The van der Waals surface area contributed by atoms with Crippen LogP contribution >= 0.6 is 11.8 Å². The molecule has 166 valence electrons. The van der Waals surface area contributed by atoms with Crippen molar-refractivity contribution in [2.45, 2.75) is 18.7 Å². The van der Waals surface area contributed by atoms with Gasteiger partial charge >= 0.3 is 0 Å². The molecule has 0 unspecified atom stereocenters. The van der Waals surface area contributed by atoms with Crippen LogP contribution in [0.2, 0.25) is 0 Å². The van der Waals surface area contributed by atoms with E-state index in [-0.39, 0.29) is 0 Å². The average molecular weight is 455 g/mol. The largest absolute Gasteiger partial charge is 0.475 e. The number of anilines is 1. The van der Waals surface area contributed by atoms with Crippen molar-refractivity contribution < 1.29 is 4.74 Å². The fourth-order valence-electron chi connectivity index (χ4n) is 3.35.